The van der Waals surface area contributed by atoms with Gasteiger partial charge in [0.1, 0.15) is 6.04 Å². The Morgan fingerprint density at radius 3 is 2.90 bits per heavy atom. The van der Waals surface area contributed by atoms with Gasteiger partial charge in [0, 0.05) is 30.4 Å². The first kappa shape index (κ1) is 12.7. The third-order valence-electron chi connectivity index (χ3n) is 3.44. The summed E-state index contributed by atoms with van der Waals surface area (Å²) in [7, 11) is 0. The van der Waals surface area contributed by atoms with Gasteiger partial charge in [-0.2, -0.15) is 10.2 Å². The Labute approximate surface area is 116 Å². The van der Waals surface area contributed by atoms with Gasteiger partial charge in [-0.3, -0.25) is 9.48 Å². The molecule has 102 valence electrons. The number of aryl methyl sites for hydroxylation is 1. The number of hydrogen-bond acceptors (Lipinski definition) is 4. The van der Waals surface area contributed by atoms with Crippen molar-refractivity contribution in [2.45, 2.75) is 19.5 Å². The molecule has 1 aromatic heterocycles. The molecule has 1 atom stereocenters. The van der Waals surface area contributed by atoms with Crippen LogP contribution in [0, 0.1) is 0 Å². The lowest BCUT2D eigenvalue weighted by atomic mass is 9.95. The number of amides is 1. The van der Waals surface area contributed by atoms with Crippen molar-refractivity contribution >= 4 is 5.91 Å². The molecule has 0 saturated heterocycles. The van der Waals surface area contributed by atoms with Crippen molar-refractivity contribution in [2.24, 2.45) is 16.0 Å². The van der Waals surface area contributed by atoms with Crippen molar-refractivity contribution < 1.29 is 4.79 Å². The van der Waals surface area contributed by atoms with E-state index in [2.05, 4.69) is 15.3 Å². The van der Waals surface area contributed by atoms with E-state index in [-0.39, 0.29) is 11.9 Å². The maximum absolute atomic E-state index is 11.7. The molecule has 1 aromatic carbocycles. The number of carbonyl (C=O) groups excluding carboxylic acids is 1. The van der Waals surface area contributed by atoms with Crippen molar-refractivity contribution in [2.75, 3.05) is 6.54 Å². The second kappa shape index (κ2) is 4.97. The summed E-state index contributed by atoms with van der Waals surface area (Å²) >= 11 is 0. The number of nitrogens with zero attached hydrogens (tertiary/aromatic N) is 4. The van der Waals surface area contributed by atoms with Gasteiger partial charge < -0.3 is 5.73 Å². The molecule has 0 radical (unpaired) electrons. The maximum atomic E-state index is 11.7. The molecule has 1 unspecified atom stereocenters. The largest absolute Gasteiger partial charge is 0.328 e. The SMILES string of the molecule is CCn1cc(-c2ccc3c(c2)C(CN)N=NC3=O)cn1. The predicted octanol–water partition coefficient (Wildman–Crippen LogP) is 2.18. The first-order valence-corrected chi connectivity index (χ1v) is 6.55. The molecule has 2 aromatic rings. The fraction of sp³-hybridized carbons (Fsp3) is 0.286. The number of benzene rings is 1. The minimum Gasteiger partial charge on any atom is -0.328 e. The van der Waals surface area contributed by atoms with Crippen LogP contribution in [0.3, 0.4) is 0 Å². The molecule has 0 spiro atoms. The highest BCUT2D eigenvalue weighted by Gasteiger charge is 2.23. The summed E-state index contributed by atoms with van der Waals surface area (Å²) in [5.41, 5.74) is 9.14. The molecule has 20 heavy (non-hydrogen) atoms. The number of fused-ring (bicyclic) bond motifs is 1. The van der Waals surface area contributed by atoms with E-state index in [9.17, 15) is 4.79 Å². The van der Waals surface area contributed by atoms with Gasteiger partial charge in [0.15, 0.2) is 0 Å². The molecular formula is C14H15N5O. The van der Waals surface area contributed by atoms with Gasteiger partial charge >= 0.3 is 0 Å². The summed E-state index contributed by atoms with van der Waals surface area (Å²) < 4.78 is 1.86. The normalized spacial score (nSPS) is 17.3. The van der Waals surface area contributed by atoms with E-state index < -0.39 is 0 Å². The molecule has 6 heteroatoms. The summed E-state index contributed by atoms with van der Waals surface area (Å²) in [6, 6.07) is 5.41. The molecule has 6 nitrogen and oxygen atoms in total. The fourth-order valence-electron chi connectivity index (χ4n) is 2.31. The average molecular weight is 269 g/mol. The van der Waals surface area contributed by atoms with Crippen LogP contribution in [0.5, 0.6) is 0 Å². The van der Waals surface area contributed by atoms with Gasteiger partial charge in [-0.05, 0) is 30.2 Å². The van der Waals surface area contributed by atoms with Crippen LogP contribution in [-0.2, 0) is 6.54 Å². The molecule has 3 rings (SSSR count). The lowest BCUT2D eigenvalue weighted by Crippen LogP contribution is -2.17. The number of rotatable bonds is 3. The first-order chi connectivity index (χ1) is 9.72. The zero-order valence-corrected chi connectivity index (χ0v) is 11.2. The fourth-order valence-corrected chi connectivity index (χ4v) is 2.31. The van der Waals surface area contributed by atoms with Crippen molar-refractivity contribution in [3.05, 3.63) is 41.7 Å². The van der Waals surface area contributed by atoms with E-state index in [4.69, 9.17) is 5.73 Å². The van der Waals surface area contributed by atoms with Crippen LogP contribution in [0.4, 0.5) is 0 Å². The van der Waals surface area contributed by atoms with E-state index in [1.54, 1.807) is 6.07 Å². The Hall–Kier alpha value is -2.34. The monoisotopic (exact) mass is 269 g/mol. The summed E-state index contributed by atoms with van der Waals surface area (Å²) in [4.78, 5) is 11.7. The second-order valence-electron chi connectivity index (χ2n) is 4.66. The maximum Gasteiger partial charge on any atom is 0.295 e. The standard InChI is InChI=1S/C14H15N5O/c1-2-19-8-10(7-16-19)9-3-4-11-12(5-9)13(6-15)17-18-14(11)20/h3-5,7-8,13H,2,6,15H2,1H3. The minimum absolute atomic E-state index is 0.246. The van der Waals surface area contributed by atoms with E-state index in [0.29, 0.717) is 12.1 Å². The van der Waals surface area contributed by atoms with Gasteiger partial charge in [0.2, 0.25) is 0 Å². The Kier molecular flexibility index (Phi) is 3.15. The van der Waals surface area contributed by atoms with Crippen LogP contribution in [0.2, 0.25) is 0 Å². The lowest BCUT2D eigenvalue weighted by molar-refractivity contribution is 0.0985. The molecule has 2 heterocycles. The summed E-state index contributed by atoms with van der Waals surface area (Å²) in [5, 5.41) is 11.8. The molecule has 1 aliphatic rings. The zero-order valence-electron chi connectivity index (χ0n) is 11.2. The number of azo groups is 1. The van der Waals surface area contributed by atoms with E-state index in [1.165, 1.54) is 0 Å². The van der Waals surface area contributed by atoms with Crippen molar-refractivity contribution in [1.29, 1.82) is 0 Å². The molecular weight excluding hydrogens is 254 g/mol. The van der Waals surface area contributed by atoms with Crippen molar-refractivity contribution in [3.63, 3.8) is 0 Å². The van der Waals surface area contributed by atoms with Crippen molar-refractivity contribution in [3.8, 4) is 11.1 Å². The Morgan fingerprint density at radius 1 is 1.35 bits per heavy atom. The van der Waals surface area contributed by atoms with Crippen LogP contribution < -0.4 is 5.73 Å². The van der Waals surface area contributed by atoms with Crippen LogP contribution in [-0.4, -0.2) is 22.2 Å². The minimum atomic E-state index is -0.305. The molecule has 0 aliphatic carbocycles. The number of nitrogens with two attached hydrogens (primary N) is 1. The summed E-state index contributed by atoms with van der Waals surface area (Å²) in [6.45, 7) is 3.19. The quantitative estimate of drug-likeness (QED) is 0.926. The topological polar surface area (TPSA) is 85.6 Å². The molecule has 1 aliphatic heterocycles. The molecule has 0 fully saturated rings. The Balaban J connectivity index is 2.06. The third-order valence-corrected chi connectivity index (χ3v) is 3.44. The molecule has 0 bridgehead atoms. The smallest absolute Gasteiger partial charge is 0.295 e. The van der Waals surface area contributed by atoms with Gasteiger partial charge in [-0.15, -0.1) is 5.11 Å². The first-order valence-electron chi connectivity index (χ1n) is 6.55. The number of aromatic nitrogens is 2. The zero-order chi connectivity index (χ0) is 14.1. The van der Waals surface area contributed by atoms with Crippen LogP contribution >= 0.6 is 0 Å². The van der Waals surface area contributed by atoms with Gasteiger partial charge in [-0.25, -0.2) is 0 Å². The van der Waals surface area contributed by atoms with Crippen LogP contribution in [0.1, 0.15) is 28.9 Å². The van der Waals surface area contributed by atoms with E-state index >= 15 is 0 Å². The molecule has 0 saturated carbocycles. The summed E-state index contributed by atoms with van der Waals surface area (Å²) in [5.74, 6) is -0.305. The molecule has 2 N–H and O–H groups in total. The van der Waals surface area contributed by atoms with E-state index in [0.717, 1.165) is 23.2 Å². The Bertz CT molecular complexity index is 689. The second-order valence-corrected chi connectivity index (χ2v) is 4.66. The number of hydrogen-bond donors (Lipinski definition) is 1. The highest BCUT2D eigenvalue weighted by Crippen LogP contribution is 2.31. The molecule has 1 amide bonds. The highest BCUT2D eigenvalue weighted by molar-refractivity contribution is 5.97. The lowest BCUT2D eigenvalue weighted by Gasteiger charge is -2.17. The number of carbonyl (C=O) groups is 1. The van der Waals surface area contributed by atoms with Crippen LogP contribution in [0.15, 0.2) is 40.8 Å². The predicted molar refractivity (Wildman–Crippen MR) is 74.3 cm³/mol. The van der Waals surface area contributed by atoms with E-state index in [1.807, 2.05) is 36.1 Å². The third kappa shape index (κ3) is 2.04. The average Bonchev–Trinajstić information content (AvgIpc) is 2.96. The van der Waals surface area contributed by atoms with Crippen molar-refractivity contribution in [1.82, 2.24) is 9.78 Å². The van der Waals surface area contributed by atoms with Crippen LogP contribution in [0.25, 0.3) is 11.1 Å². The van der Waals surface area contributed by atoms with Gasteiger partial charge in [-0.1, -0.05) is 6.07 Å². The highest BCUT2D eigenvalue weighted by atomic mass is 16.1. The Morgan fingerprint density at radius 2 is 2.20 bits per heavy atom. The van der Waals surface area contributed by atoms with Gasteiger partial charge in [0.05, 0.1) is 6.20 Å². The van der Waals surface area contributed by atoms with Gasteiger partial charge in [0.25, 0.3) is 5.91 Å². The summed E-state index contributed by atoms with van der Waals surface area (Å²) in [6.07, 6.45) is 3.79.